The summed E-state index contributed by atoms with van der Waals surface area (Å²) in [4.78, 5) is 0.236. The molecule has 21 heavy (non-hydrogen) atoms. The van der Waals surface area contributed by atoms with Gasteiger partial charge in [0.25, 0.3) is 0 Å². The molecule has 0 amide bonds. The minimum atomic E-state index is -3.55. The summed E-state index contributed by atoms with van der Waals surface area (Å²) >= 11 is 7.30. The molecule has 114 valence electrons. The maximum absolute atomic E-state index is 12.9. The highest BCUT2D eigenvalue weighted by atomic mass is 35.5. The van der Waals surface area contributed by atoms with Gasteiger partial charge in [0, 0.05) is 18.7 Å². The van der Waals surface area contributed by atoms with Crippen molar-refractivity contribution in [3.8, 4) is 0 Å². The van der Waals surface area contributed by atoms with Crippen LogP contribution in [-0.4, -0.2) is 18.8 Å². The Balaban J connectivity index is 1.95. The Labute approximate surface area is 133 Å². The van der Waals surface area contributed by atoms with Gasteiger partial charge in [-0.3, -0.25) is 0 Å². The Hall–Kier alpha value is -0.820. The summed E-state index contributed by atoms with van der Waals surface area (Å²) in [5, 5.41) is 3.94. The molecule has 1 saturated carbocycles. The summed E-state index contributed by atoms with van der Waals surface area (Å²) < 4.78 is 32.8. The summed E-state index contributed by atoms with van der Waals surface area (Å²) in [6, 6.07) is 3.60. The molecule has 2 aromatic heterocycles. The van der Waals surface area contributed by atoms with Crippen LogP contribution in [0.15, 0.2) is 32.2 Å². The first kappa shape index (κ1) is 15.1. The predicted molar refractivity (Wildman–Crippen MR) is 83.1 cm³/mol. The van der Waals surface area contributed by atoms with Gasteiger partial charge < -0.3 is 4.42 Å². The maximum Gasteiger partial charge on any atom is 0.247 e. The second-order valence-corrected chi connectivity index (χ2v) is 8.09. The van der Waals surface area contributed by atoms with Crippen molar-refractivity contribution in [1.82, 2.24) is 4.31 Å². The fourth-order valence-corrected chi connectivity index (χ4v) is 4.96. The van der Waals surface area contributed by atoms with Gasteiger partial charge in [0.1, 0.15) is 16.4 Å². The SMILES string of the molecule is Cc1oc(CCl)cc1S(=O)(=O)N(Cc1ccsc1)C1CC1. The zero-order valence-electron chi connectivity index (χ0n) is 11.6. The van der Waals surface area contributed by atoms with Crippen LogP contribution in [0.4, 0.5) is 0 Å². The lowest BCUT2D eigenvalue weighted by molar-refractivity contribution is 0.397. The van der Waals surface area contributed by atoms with Gasteiger partial charge in [0.15, 0.2) is 0 Å². The average molecular weight is 346 g/mol. The van der Waals surface area contributed by atoms with Crippen LogP contribution in [0.25, 0.3) is 0 Å². The van der Waals surface area contributed by atoms with Crippen LogP contribution in [0.2, 0.25) is 0 Å². The van der Waals surface area contributed by atoms with Gasteiger partial charge >= 0.3 is 0 Å². The minimum absolute atomic E-state index is 0.101. The molecule has 1 aliphatic rings. The summed E-state index contributed by atoms with van der Waals surface area (Å²) in [6.45, 7) is 2.08. The molecule has 0 bridgehead atoms. The molecular weight excluding hydrogens is 330 g/mol. The molecule has 0 aromatic carbocycles. The number of sulfonamides is 1. The van der Waals surface area contributed by atoms with Crippen molar-refractivity contribution in [1.29, 1.82) is 0 Å². The molecule has 7 heteroatoms. The van der Waals surface area contributed by atoms with Gasteiger partial charge in [-0.05, 0) is 42.2 Å². The van der Waals surface area contributed by atoms with Gasteiger partial charge in [-0.25, -0.2) is 8.42 Å². The first-order chi connectivity index (χ1) is 10.0. The van der Waals surface area contributed by atoms with Crippen LogP contribution >= 0.6 is 22.9 Å². The molecule has 4 nitrogen and oxygen atoms in total. The van der Waals surface area contributed by atoms with Crippen LogP contribution in [0.1, 0.15) is 29.9 Å². The zero-order chi connectivity index (χ0) is 15.0. The molecule has 2 heterocycles. The standard InChI is InChI=1S/C14H16ClNO3S2/c1-10-14(6-13(7-15)19-10)21(17,18)16(12-2-3-12)8-11-4-5-20-9-11/h4-6,9,12H,2-3,7-8H2,1H3. The van der Waals surface area contributed by atoms with E-state index >= 15 is 0 Å². The largest absolute Gasteiger partial charge is 0.464 e. The van der Waals surface area contributed by atoms with E-state index < -0.39 is 10.0 Å². The maximum atomic E-state index is 12.9. The number of aryl methyl sites for hydroxylation is 1. The molecule has 3 rings (SSSR count). The predicted octanol–water partition coefficient (Wildman–Crippen LogP) is 3.74. The lowest BCUT2D eigenvalue weighted by atomic mass is 10.3. The number of hydrogen-bond donors (Lipinski definition) is 0. The zero-order valence-corrected chi connectivity index (χ0v) is 14.0. The normalized spacial score (nSPS) is 15.8. The van der Waals surface area contributed by atoms with Gasteiger partial charge in [0.2, 0.25) is 10.0 Å². The fourth-order valence-electron chi connectivity index (χ4n) is 2.31. The molecular formula is C14H16ClNO3S2. The Morgan fingerprint density at radius 1 is 1.48 bits per heavy atom. The molecule has 0 aliphatic heterocycles. The third kappa shape index (κ3) is 3.04. The van der Waals surface area contributed by atoms with Crippen molar-refractivity contribution < 1.29 is 12.8 Å². The molecule has 0 atom stereocenters. The third-order valence-corrected chi connectivity index (χ3v) is 6.52. The van der Waals surface area contributed by atoms with Crippen LogP contribution < -0.4 is 0 Å². The Morgan fingerprint density at radius 2 is 2.24 bits per heavy atom. The van der Waals surface area contributed by atoms with E-state index in [-0.39, 0.29) is 16.8 Å². The quantitative estimate of drug-likeness (QED) is 0.749. The Morgan fingerprint density at radius 3 is 2.76 bits per heavy atom. The highest BCUT2D eigenvalue weighted by Crippen LogP contribution is 2.35. The Bertz CT molecular complexity index is 717. The number of alkyl halides is 1. The fraction of sp³-hybridized carbons (Fsp3) is 0.429. The highest BCUT2D eigenvalue weighted by molar-refractivity contribution is 7.89. The molecule has 2 aromatic rings. The van der Waals surface area contributed by atoms with E-state index in [4.69, 9.17) is 16.0 Å². The van der Waals surface area contributed by atoms with Crippen molar-refractivity contribution in [2.45, 2.75) is 43.1 Å². The highest BCUT2D eigenvalue weighted by Gasteiger charge is 2.39. The van der Waals surface area contributed by atoms with Crippen molar-refractivity contribution >= 4 is 33.0 Å². The molecule has 1 fully saturated rings. The first-order valence-corrected chi connectivity index (χ1v) is 9.62. The second kappa shape index (κ2) is 5.76. The summed E-state index contributed by atoms with van der Waals surface area (Å²) in [5.41, 5.74) is 1.02. The van der Waals surface area contributed by atoms with E-state index in [1.807, 2.05) is 16.8 Å². The summed E-state index contributed by atoms with van der Waals surface area (Å²) in [5.74, 6) is 1.06. The van der Waals surface area contributed by atoms with Crippen molar-refractivity contribution in [3.05, 3.63) is 40.0 Å². The smallest absolute Gasteiger partial charge is 0.247 e. The number of furan rings is 1. The van der Waals surface area contributed by atoms with E-state index in [1.165, 1.54) is 0 Å². The lowest BCUT2D eigenvalue weighted by Gasteiger charge is -2.21. The molecule has 0 N–H and O–H groups in total. The van der Waals surface area contributed by atoms with Gasteiger partial charge in [0.05, 0.1) is 5.88 Å². The topological polar surface area (TPSA) is 50.5 Å². The Kier molecular flexibility index (Phi) is 4.14. The van der Waals surface area contributed by atoms with Crippen LogP contribution in [-0.2, 0) is 22.4 Å². The van der Waals surface area contributed by atoms with E-state index in [9.17, 15) is 8.42 Å². The van der Waals surface area contributed by atoms with E-state index in [1.54, 1.807) is 28.6 Å². The van der Waals surface area contributed by atoms with Crippen molar-refractivity contribution in [2.75, 3.05) is 0 Å². The van der Waals surface area contributed by atoms with Crippen LogP contribution in [0.3, 0.4) is 0 Å². The molecule has 0 unspecified atom stereocenters. The van der Waals surface area contributed by atoms with Crippen LogP contribution in [0.5, 0.6) is 0 Å². The van der Waals surface area contributed by atoms with E-state index in [0.29, 0.717) is 18.1 Å². The molecule has 1 aliphatic carbocycles. The molecule has 0 spiro atoms. The average Bonchev–Trinajstić information content (AvgIpc) is 2.99. The van der Waals surface area contributed by atoms with Crippen molar-refractivity contribution in [3.63, 3.8) is 0 Å². The summed E-state index contributed by atoms with van der Waals surface area (Å²) in [7, 11) is -3.55. The lowest BCUT2D eigenvalue weighted by Crippen LogP contribution is -2.32. The molecule has 0 saturated heterocycles. The first-order valence-electron chi connectivity index (χ1n) is 6.70. The number of rotatable bonds is 6. The monoisotopic (exact) mass is 345 g/mol. The third-order valence-electron chi connectivity index (χ3n) is 3.51. The van der Waals surface area contributed by atoms with E-state index in [0.717, 1.165) is 18.4 Å². The van der Waals surface area contributed by atoms with Crippen molar-refractivity contribution in [2.24, 2.45) is 0 Å². The number of thiophene rings is 1. The number of hydrogen-bond acceptors (Lipinski definition) is 4. The molecule has 0 radical (unpaired) electrons. The van der Waals surface area contributed by atoms with E-state index in [2.05, 4.69) is 0 Å². The summed E-state index contributed by atoms with van der Waals surface area (Å²) in [6.07, 6.45) is 1.84. The number of halogens is 1. The second-order valence-electron chi connectivity index (χ2n) is 5.18. The van der Waals surface area contributed by atoms with Gasteiger partial charge in [-0.1, -0.05) is 0 Å². The van der Waals surface area contributed by atoms with Crippen LogP contribution in [0, 0.1) is 6.92 Å². The van der Waals surface area contributed by atoms with Gasteiger partial charge in [-0.15, -0.1) is 11.6 Å². The van der Waals surface area contributed by atoms with Gasteiger partial charge in [-0.2, -0.15) is 15.6 Å². The minimum Gasteiger partial charge on any atom is -0.464 e. The number of nitrogens with zero attached hydrogens (tertiary/aromatic N) is 1.